The average molecular weight is 487 g/mol. The van der Waals surface area contributed by atoms with E-state index in [1.165, 1.54) is 12.1 Å². The molecule has 4 heterocycles. The van der Waals surface area contributed by atoms with E-state index in [2.05, 4.69) is 10.3 Å². The van der Waals surface area contributed by atoms with Gasteiger partial charge in [0.05, 0.1) is 16.7 Å². The molecule has 0 radical (unpaired) electrons. The molecule has 9 nitrogen and oxygen atoms in total. The summed E-state index contributed by atoms with van der Waals surface area (Å²) < 4.78 is 17.3. The molecule has 1 fully saturated rings. The van der Waals surface area contributed by atoms with Gasteiger partial charge in [-0.05, 0) is 48.6 Å². The lowest BCUT2D eigenvalue weighted by atomic mass is 10.0. The quantitative estimate of drug-likeness (QED) is 0.233. The van der Waals surface area contributed by atoms with Crippen LogP contribution in [-0.2, 0) is 0 Å². The molecule has 2 aromatic carbocycles. The minimum Gasteiger partial charge on any atom is -0.459 e. The summed E-state index contributed by atoms with van der Waals surface area (Å²) in [5.41, 5.74) is 2.22. The molecule has 0 bridgehead atoms. The van der Waals surface area contributed by atoms with Gasteiger partial charge >= 0.3 is 0 Å². The molecule has 0 spiro atoms. The minimum atomic E-state index is -0.425. The van der Waals surface area contributed by atoms with E-state index in [-0.39, 0.29) is 24.6 Å². The first-order valence-electron chi connectivity index (χ1n) is 10.8. The first-order chi connectivity index (χ1) is 17.1. The summed E-state index contributed by atoms with van der Waals surface area (Å²) in [5.74, 6) is 2.47. The van der Waals surface area contributed by atoms with E-state index >= 15 is 0 Å². The van der Waals surface area contributed by atoms with E-state index in [1.807, 2.05) is 53.4 Å². The Morgan fingerprint density at radius 2 is 1.91 bits per heavy atom. The van der Waals surface area contributed by atoms with Crippen molar-refractivity contribution in [1.29, 1.82) is 0 Å². The van der Waals surface area contributed by atoms with Crippen LogP contribution < -0.4 is 19.7 Å². The van der Waals surface area contributed by atoms with Gasteiger partial charge in [-0.15, -0.1) is 0 Å². The van der Waals surface area contributed by atoms with Gasteiger partial charge in [-0.1, -0.05) is 18.2 Å². The molecular weight excluding hydrogens is 468 g/mol. The number of nitro groups is 1. The molecule has 0 saturated carbocycles. The summed E-state index contributed by atoms with van der Waals surface area (Å²) >= 11 is 5.75. The highest BCUT2D eigenvalue weighted by molar-refractivity contribution is 7.80. The van der Waals surface area contributed by atoms with Crippen LogP contribution in [0.2, 0.25) is 0 Å². The van der Waals surface area contributed by atoms with Gasteiger partial charge in [0.2, 0.25) is 6.79 Å². The van der Waals surface area contributed by atoms with E-state index in [9.17, 15) is 10.1 Å². The molecule has 1 saturated heterocycles. The fourth-order valence-electron chi connectivity index (χ4n) is 4.40. The molecule has 2 aromatic heterocycles. The molecule has 2 aliphatic heterocycles. The number of rotatable bonds is 5. The van der Waals surface area contributed by atoms with E-state index in [0.717, 1.165) is 11.4 Å². The molecule has 0 unspecified atom stereocenters. The Bertz CT molecular complexity index is 1440. The summed E-state index contributed by atoms with van der Waals surface area (Å²) in [6.07, 6.45) is 1.73. The average Bonchev–Trinajstić information content (AvgIpc) is 3.62. The Morgan fingerprint density at radius 3 is 2.74 bits per heavy atom. The number of thiocarbonyl (C=S) groups is 1. The maximum atomic E-state index is 11.2. The molecule has 6 rings (SSSR count). The van der Waals surface area contributed by atoms with E-state index in [4.69, 9.17) is 26.1 Å². The van der Waals surface area contributed by atoms with Crippen LogP contribution in [0.1, 0.15) is 23.5 Å². The zero-order valence-corrected chi connectivity index (χ0v) is 19.0. The number of non-ortho nitro benzene ring substituents is 1. The monoisotopic (exact) mass is 486 g/mol. The maximum absolute atomic E-state index is 11.2. The van der Waals surface area contributed by atoms with E-state index in [1.54, 1.807) is 18.3 Å². The first-order valence-corrected chi connectivity index (χ1v) is 11.2. The highest BCUT2D eigenvalue weighted by Crippen LogP contribution is 2.45. The van der Waals surface area contributed by atoms with E-state index < -0.39 is 4.92 Å². The van der Waals surface area contributed by atoms with Crippen LogP contribution in [0.15, 0.2) is 83.4 Å². The molecule has 174 valence electrons. The molecule has 2 aliphatic rings. The predicted molar refractivity (Wildman–Crippen MR) is 131 cm³/mol. The van der Waals surface area contributed by atoms with Gasteiger partial charge in [-0.3, -0.25) is 15.1 Å². The molecule has 4 aromatic rings. The third kappa shape index (κ3) is 3.73. The summed E-state index contributed by atoms with van der Waals surface area (Å²) in [5, 5.41) is 15.1. The van der Waals surface area contributed by atoms with Gasteiger partial charge in [0.25, 0.3) is 5.69 Å². The normalized spacial score (nSPS) is 18.5. The smallest absolute Gasteiger partial charge is 0.270 e. The predicted octanol–water partition coefficient (Wildman–Crippen LogP) is 5.16. The van der Waals surface area contributed by atoms with Gasteiger partial charge < -0.3 is 24.1 Å². The molecule has 10 heteroatoms. The minimum absolute atomic E-state index is 0.00231. The number of anilines is 1. The Labute approximate surface area is 205 Å². The molecule has 0 amide bonds. The zero-order chi connectivity index (χ0) is 23.9. The lowest BCUT2D eigenvalue weighted by Gasteiger charge is -2.26. The highest BCUT2D eigenvalue weighted by Gasteiger charge is 2.43. The number of aromatic nitrogens is 1. The second-order valence-corrected chi connectivity index (χ2v) is 8.43. The van der Waals surface area contributed by atoms with Gasteiger partial charge in [-0.2, -0.15) is 0 Å². The third-order valence-corrected chi connectivity index (χ3v) is 6.31. The van der Waals surface area contributed by atoms with Crippen LogP contribution in [0.3, 0.4) is 0 Å². The van der Waals surface area contributed by atoms with Crippen molar-refractivity contribution in [3.05, 3.63) is 101 Å². The Balaban J connectivity index is 1.43. The van der Waals surface area contributed by atoms with Crippen LogP contribution in [0.25, 0.3) is 11.3 Å². The van der Waals surface area contributed by atoms with Crippen molar-refractivity contribution in [1.82, 2.24) is 10.3 Å². The Hall–Kier alpha value is -4.44. The van der Waals surface area contributed by atoms with Gasteiger partial charge in [0.15, 0.2) is 16.6 Å². The number of nitrogens with one attached hydrogen (secondary N) is 1. The number of hydrogen-bond acceptors (Lipinski definition) is 7. The van der Waals surface area contributed by atoms with Crippen molar-refractivity contribution in [2.24, 2.45) is 0 Å². The molecule has 2 atom stereocenters. The van der Waals surface area contributed by atoms with E-state index in [0.29, 0.717) is 33.7 Å². The topological polar surface area (TPSA) is 103 Å². The maximum Gasteiger partial charge on any atom is 0.270 e. The zero-order valence-electron chi connectivity index (χ0n) is 18.2. The summed E-state index contributed by atoms with van der Waals surface area (Å²) in [6.45, 7) is 0.173. The lowest BCUT2D eigenvalue weighted by Crippen LogP contribution is -2.29. The summed E-state index contributed by atoms with van der Waals surface area (Å²) in [4.78, 5) is 17.3. The van der Waals surface area contributed by atoms with Crippen LogP contribution in [-0.4, -0.2) is 21.8 Å². The van der Waals surface area contributed by atoms with Crippen LogP contribution in [0, 0.1) is 10.1 Å². The Kier molecular flexibility index (Phi) is 5.07. The lowest BCUT2D eigenvalue weighted by molar-refractivity contribution is -0.384. The van der Waals surface area contributed by atoms with Gasteiger partial charge in [-0.25, -0.2) is 0 Å². The van der Waals surface area contributed by atoms with Crippen molar-refractivity contribution in [2.75, 3.05) is 11.7 Å². The highest BCUT2D eigenvalue weighted by atomic mass is 32.1. The first kappa shape index (κ1) is 21.1. The number of nitrogens with zero attached hydrogens (tertiary/aromatic N) is 3. The third-order valence-electron chi connectivity index (χ3n) is 5.99. The van der Waals surface area contributed by atoms with Gasteiger partial charge in [0.1, 0.15) is 17.6 Å². The van der Waals surface area contributed by atoms with Crippen molar-refractivity contribution >= 4 is 28.7 Å². The summed E-state index contributed by atoms with van der Waals surface area (Å²) in [6, 6.07) is 20.7. The largest absolute Gasteiger partial charge is 0.459 e. The molecule has 1 N–H and O–H groups in total. The summed E-state index contributed by atoms with van der Waals surface area (Å²) in [7, 11) is 0. The molecular formula is C25H18N4O5S. The molecule has 35 heavy (non-hydrogen) atoms. The van der Waals surface area contributed by atoms with Crippen molar-refractivity contribution < 1.29 is 18.8 Å². The second kappa shape index (κ2) is 8.41. The van der Waals surface area contributed by atoms with Crippen molar-refractivity contribution in [3.8, 4) is 22.8 Å². The number of nitro benzene ring substituents is 1. The van der Waals surface area contributed by atoms with Crippen LogP contribution >= 0.6 is 12.2 Å². The number of benzene rings is 2. The second-order valence-electron chi connectivity index (χ2n) is 8.04. The Morgan fingerprint density at radius 1 is 1.03 bits per heavy atom. The van der Waals surface area contributed by atoms with Crippen molar-refractivity contribution in [3.63, 3.8) is 0 Å². The van der Waals surface area contributed by atoms with Crippen molar-refractivity contribution in [2.45, 2.75) is 12.1 Å². The van der Waals surface area contributed by atoms with Crippen LogP contribution in [0.4, 0.5) is 11.4 Å². The van der Waals surface area contributed by atoms with Gasteiger partial charge in [0, 0.05) is 35.6 Å². The number of fused-ring (bicyclic) bond motifs is 1. The number of pyridine rings is 1. The fraction of sp³-hybridized carbons (Fsp3) is 0.120. The number of furan rings is 1. The molecule has 0 aliphatic carbocycles. The van der Waals surface area contributed by atoms with Crippen LogP contribution in [0.5, 0.6) is 11.5 Å². The SMILES string of the molecule is O=[N+]([O-])c1cccc(-c2ccc([C@@H]3[C@@H](c4ccccn4)NC(=S)N3c3ccc4c(c3)OCO4)o2)c1. The number of hydrogen-bond donors (Lipinski definition) is 1. The standard InChI is InChI=1S/C25H18N4O5S/c30-29(31)17-5-3-4-15(12-17)19-9-10-21(34-19)24-23(18-6-1-2-11-26-18)27-25(35)28(24)16-7-8-20-22(13-16)33-14-32-20/h1-13,23-24H,14H2,(H,27,35)/t23-,24-/m1/s1. The number of ether oxygens (including phenoxy) is 2. The fourth-order valence-corrected chi connectivity index (χ4v) is 4.74.